The van der Waals surface area contributed by atoms with Crippen LogP contribution in [0.5, 0.6) is 0 Å². The first-order chi connectivity index (χ1) is 10.3. The molecule has 2 aromatic heterocycles. The number of benzene rings is 1. The molecule has 0 aliphatic heterocycles. The Hall–Kier alpha value is -2.20. The van der Waals surface area contributed by atoms with Gasteiger partial charge in [-0.3, -0.25) is 4.98 Å². The van der Waals surface area contributed by atoms with Crippen LogP contribution in [0.3, 0.4) is 0 Å². The van der Waals surface area contributed by atoms with E-state index in [1.807, 2.05) is 36.8 Å². The highest BCUT2D eigenvalue weighted by molar-refractivity contribution is 5.74. The molecule has 0 spiro atoms. The number of nitrogens with zero attached hydrogens (tertiary/aromatic N) is 3. The Bertz CT molecular complexity index is 777. The van der Waals surface area contributed by atoms with Gasteiger partial charge < -0.3 is 10.3 Å². The minimum absolute atomic E-state index is 0.0683. The molecule has 21 heavy (non-hydrogen) atoms. The smallest absolute Gasteiger partial charge is 0.0958 e. The van der Waals surface area contributed by atoms with Crippen LogP contribution in [0.2, 0.25) is 0 Å². The largest absolute Gasteiger partial charge is 0.329 e. The van der Waals surface area contributed by atoms with Gasteiger partial charge >= 0.3 is 0 Å². The number of aryl methyl sites for hydroxylation is 1. The molecule has 0 saturated heterocycles. The van der Waals surface area contributed by atoms with E-state index in [9.17, 15) is 0 Å². The number of rotatable bonds is 3. The third kappa shape index (κ3) is 2.12. The summed E-state index contributed by atoms with van der Waals surface area (Å²) in [5.74, 6) is 0.349. The molecule has 0 amide bonds. The molecule has 4 rings (SSSR count). The quantitative estimate of drug-likeness (QED) is 0.800. The maximum atomic E-state index is 6.49. The molecule has 1 aliphatic carbocycles. The van der Waals surface area contributed by atoms with Crippen molar-refractivity contribution in [1.82, 2.24) is 14.5 Å². The predicted octanol–water partition coefficient (Wildman–Crippen LogP) is 2.49. The minimum Gasteiger partial charge on any atom is -0.329 e. The number of hydrogen-bond acceptors (Lipinski definition) is 3. The van der Waals surface area contributed by atoms with Crippen molar-refractivity contribution in [3.05, 3.63) is 60.2 Å². The lowest BCUT2D eigenvalue weighted by atomic mass is 9.97. The van der Waals surface area contributed by atoms with Crippen molar-refractivity contribution in [3.63, 3.8) is 0 Å². The summed E-state index contributed by atoms with van der Waals surface area (Å²) in [4.78, 5) is 8.98. The molecule has 1 aliphatic rings. The SMILES string of the molecule is NC(Cn1cnc2ccccc21)C1CCc2cccnc21. The zero-order valence-electron chi connectivity index (χ0n) is 11.8. The number of aromatic nitrogens is 3. The Morgan fingerprint density at radius 3 is 3.05 bits per heavy atom. The molecule has 4 heteroatoms. The summed E-state index contributed by atoms with van der Waals surface area (Å²) in [6.45, 7) is 0.779. The summed E-state index contributed by atoms with van der Waals surface area (Å²) in [5.41, 5.74) is 11.2. The summed E-state index contributed by atoms with van der Waals surface area (Å²) in [6, 6.07) is 12.4. The zero-order valence-corrected chi connectivity index (χ0v) is 11.8. The van der Waals surface area contributed by atoms with E-state index < -0.39 is 0 Å². The van der Waals surface area contributed by atoms with E-state index in [0.717, 1.165) is 30.4 Å². The summed E-state index contributed by atoms with van der Waals surface area (Å²) in [6.07, 6.45) is 5.95. The molecule has 2 unspecified atom stereocenters. The van der Waals surface area contributed by atoms with E-state index in [0.29, 0.717) is 5.92 Å². The number of fused-ring (bicyclic) bond motifs is 2. The van der Waals surface area contributed by atoms with Gasteiger partial charge in [-0.1, -0.05) is 18.2 Å². The standard InChI is InChI=1S/C17H18N4/c18-14(13-8-7-12-4-3-9-19-17(12)13)10-21-11-20-15-5-1-2-6-16(15)21/h1-6,9,11,13-14H,7-8,10,18H2. The molecule has 2 heterocycles. The van der Waals surface area contributed by atoms with Crippen LogP contribution in [0, 0.1) is 0 Å². The topological polar surface area (TPSA) is 56.7 Å². The van der Waals surface area contributed by atoms with Crippen LogP contribution in [0.15, 0.2) is 48.9 Å². The van der Waals surface area contributed by atoms with Gasteiger partial charge in [0.1, 0.15) is 0 Å². The predicted molar refractivity (Wildman–Crippen MR) is 83.0 cm³/mol. The van der Waals surface area contributed by atoms with Crippen LogP contribution in [-0.4, -0.2) is 20.6 Å². The van der Waals surface area contributed by atoms with Gasteiger partial charge in [-0.25, -0.2) is 4.98 Å². The summed E-state index contributed by atoms with van der Waals surface area (Å²) in [7, 11) is 0. The molecule has 2 atom stereocenters. The van der Waals surface area contributed by atoms with Gasteiger partial charge in [0.2, 0.25) is 0 Å². The van der Waals surface area contributed by atoms with E-state index in [1.54, 1.807) is 0 Å². The lowest BCUT2D eigenvalue weighted by molar-refractivity contribution is 0.462. The molecular formula is C17H18N4. The lowest BCUT2D eigenvalue weighted by Gasteiger charge is -2.20. The fourth-order valence-electron chi connectivity index (χ4n) is 3.37. The van der Waals surface area contributed by atoms with Gasteiger partial charge in [-0.2, -0.15) is 0 Å². The van der Waals surface area contributed by atoms with Gasteiger partial charge in [-0.15, -0.1) is 0 Å². The van der Waals surface area contributed by atoms with Crippen molar-refractivity contribution >= 4 is 11.0 Å². The van der Waals surface area contributed by atoms with Crippen LogP contribution in [0.4, 0.5) is 0 Å². The van der Waals surface area contributed by atoms with Crippen LogP contribution < -0.4 is 5.73 Å². The van der Waals surface area contributed by atoms with Gasteiger partial charge in [0.05, 0.1) is 17.4 Å². The molecule has 2 N–H and O–H groups in total. The Morgan fingerprint density at radius 1 is 1.19 bits per heavy atom. The maximum Gasteiger partial charge on any atom is 0.0958 e. The number of para-hydroxylation sites is 2. The first-order valence-electron chi connectivity index (χ1n) is 7.42. The van der Waals surface area contributed by atoms with Gasteiger partial charge in [0, 0.05) is 30.4 Å². The number of nitrogens with two attached hydrogens (primary N) is 1. The van der Waals surface area contributed by atoms with Crippen LogP contribution in [0.25, 0.3) is 11.0 Å². The number of imidazole rings is 1. The Labute approximate surface area is 123 Å². The van der Waals surface area contributed by atoms with Gasteiger partial charge in [-0.05, 0) is 36.6 Å². The first kappa shape index (κ1) is 12.5. The summed E-state index contributed by atoms with van der Waals surface area (Å²) in [5, 5.41) is 0. The third-order valence-electron chi connectivity index (χ3n) is 4.45. The second-order valence-corrected chi connectivity index (χ2v) is 5.74. The van der Waals surface area contributed by atoms with Crippen molar-refractivity contribution in [1.29, 1.82) is 0 Å². The lowest BCUT2D eigenvalue weighted by Crippen LogP contribution is -2.32. The second-order valence-electron chi connectivity index (χ2n) is 5.74. The van der Waals surface area contributed by atoms with Crippen LogP contribution in [0.1, 0.15) is 23.6 Å². The second kappa shape index (κ2) is 4.97. The average Bonchev–Trinajstić information content (AvgIpc) is 3.12. The van der Waals surface area contributed by atoms with E-state index in [4.69, 9.17) is 5.73 Å². The average molecular weight is 278 g/mol. The molecule has 1 aromatic carbocycles. The third-order valence-corrected chi connectivity index (χ3v) is 4.45. The normalized spacial score (nSPS) is 18.8. The molecule has 0 radical (unpaired) electrons. The number of pyridine rings is 1. The molecule has 0 bridgehead atoms. The molecule has 4 nitrogen and oxygen atoms in total. The van der Waals surface area contributed by atoms with Crippen molar-refractivity contribution in [2.75, 3.05) is 0 Å². The molecule has 0 fully saturated rings. The van der Waals surface area contributed by atoms with Crippen molar-refractivity contribution in [3.8, 4) is 0 Å². The van der Waals surface area contributed by atoms with Crippen LogP contribution in [-0.2, 0) is 13.0 Å². The fraction of sp³-hybridized carbons (Fsp3) is 0.294. The van der Waals surface area contributed by atoms with Crippen molar-refractivity contribution < 1.29 is 0 Å². The summed E-state index contributed by atoms with van der Waals surface area (Å²) >= 11 is 0. The molecular weight excluding hydrogens is 260 g/mol. The number of hydrogen-bond donors (Lipinski definition) is 1. The van der Waals surface area contributed by atoms with E-state index in [2.05, 4.69) is 26.7 Å². The highest BCUT2D eigenvalue weighted by Gasteiger charge is 2.29. The minimum atomic E-state index is 0.0683. The molecule has 106 valence electrons. The van der Waals surface area contributed by atoms with E-state index in [-0.39, 0.29) is 6.04 Å². The monoisotopic (exact) mass is 278 g/mol. The highest BCUT2D eigenvalue weighted by Crippen LogP contribution is 2.33. The first-order valence-corrected chi connectivity index (χ1v) is 7.42. The molecule has 3 aromatic rings. The van der Waals surface area contributed by atoms with Crippen molar-refractivity contribution in [2.24, 2.45) is 5.73 Å². The fourth-order valence-corrected chi connectivity index (χ4v) is 3.37. The highest BCUT2D eigenvalue weighted by atomic mass is 15.1. The molecule has 0 saturated carbocycles. The summed E-state index contributed by atoms with van der Waals surface area (Å²) < 4.78 is 2.15. The van der Waals surface area contributed by atoms with E-state index >= 15 is 0 Å². The zero-order chi connectivity index (χ0) is 14.2. The maximum absolute atomic E-state index is 6.49. The Balaban J connectivity index is 1.61. The van der Waals surface area contributed by atoms with Gasteiger partial charge in [0.15, 0.2) is 0 Å². The Morgan fingerprint density at radius 2 is 2.10 bits per heavy atom. The Kier molecular flexibility index (Phi) is 2.97. The van der Waals surface area contributed by atoms with Crippen molar-refractivity contribution in [2.45, 2.75) is 31.3 Å². The van der Waals surface area contributed by atoms with Crippen LogP contribution >= 0.6 is 0 Å². The van der Waals surface area contributed by atoms with Gasteiger partial charge in [0.25, 0.3) is 0 Å². The van der Waals surface area contributed by atoms with E-state index in [1.165, 1.54) is 11.3 Å².